The molecule has 0 spiro atoms. The summed E-state index contributed by atoms with van der Waals surface area (Å²) in [6.45, 7) is 6.56. The SMILES string of the molecule is COc1cc2c(cc1N1CCC(C)CC1)CC(Cc1cccc(C)c1)C2=O. The Morgan fingerprint density at radius 3 is 2.63 bits per heavy atom. The van der Waals surface area contributed by atoms with Crippen molar-refractivity contribution in [2.75, 3.05) is 25.1 Å². The fourth-order valence-corrected chi connectivity index (χ4v) is 4.54. The van der Waals surface area contributed by atoms with Crippen molar-refractivity contribution in [2.24, 2.45) is 11.8 Å². The van der Waals surface area contributed by atoms with Crippen LogP contribution in [0.3, 0.4) is 0 Å². The van der Waals surface area contributed by atoms with Gasteiger partial charge in [0.15, 0.2) is 5.78 Å². The van der Waals surface area contributed by atoms with Gasteiger partial charge in [-0.3, -0.25) is 4.79 Å². The van der Waals surface area contributed by atoms with Crippen molar-refractivity contribution >= 4 is 11.5 Å². The average Bonchev–Trinajstić information content (AvgIpc) is 2.96. The molecule has 1 unspecified atom stereocenters. The normalized spacial score (nSPS) is 20.0. The summed E-state index contributed by atoms with van der Waals surface area (Å²) in [5.74, 6) is 1.95. The van der Waals surface area contributed by atoms with Crippen LogP contribution in [0.1, 0.15) is 46.8 Å². The van der Waals surface area contributed by atoms with Crippen LogP contribution in [-0.4, -0.2) is 26.0 Å². The largest absolute Gasteiger partial charge is 0.495 e. The topological polar surface area (TPSA) is 29.5 Å². The number of aryl methyl sites for hydroxylation is 1. The third kappa shape index (κ3) is 3.60. The molecule has 0 aromatic heterocycles. The maximum absolute atomic E-state index is 13.0. The summed E-state index contributed by atoms with van der Waals surface area (Å²) in [6.07, 6.45) is 4.09. The maximum Gasteiger partial charge on any atom is 0.167 e. The molecule has 0 radical (unpaired) electrons. The molecule has 1 fully saturated rings. The lowest BCUT2D eigenvalue weighted by Gasteiger charge is -2.33. The minimum atomic E-state index is 0.0446. The third-order valence-electron chi connectivity index (χ3n) is 6.20. The highest BCUT2D eigenvalue weighted by molar-refractivity contribution is 6.03. The monoisotopic (exact) mass is 363 g/mol. The van der Waals surface area contributed by atoms with E-state index < -0.39 is 0 Å². The molecule has 0 bridgehead atoms. The molecule has 1 saturated heterocycles. The van der Waals surface area contributed by atoms with Gasteiger partial charge in [0.2, 0.25) is 0 Å². The van der Waals surface area contributed by atoms with Crippen LogP contribution in [0.4, 0.5) is 5.69 Å². The highest BCUT2D eigenvalue weighted by Gasteiger charge is 2.33. The number of benzene rings is 2. The van der Waals surface area contributed by atoms with Crippen molar-refractivity contribution < 1.29 is 9.53 Å². The van der Waals surface area contributed by atoms with Gasteiger partial charge >= 0.3 is 0 Å². The number of methoxy groups -OCH3 is 1. The van der Waals surface area contributed by atoms with Gasteiger partial charge in [-0.15, -0.1) is 0 Å². The first-order valence-electron chi connectivity index (χ1n) is 10.1. The second-order valence-electron chi connectivity index (χ2n) is 8.31. The first-order chi connectivity index (χ1) is 13.0. The van der Waals surface area contributed by atoms with E-state index in [0.29, 0.717) is 0 Å². The Balaban J connectivity index is 1.59. The highest BCUT2D eigenvalue weighted by Crippen LogP contribution is 2.39. The number of hydrogen-bond donors (Lipinski definition) is 0. The van der Waals surface area contributed by atoms with E-state index in [4.69, 9.17) is 4.74 Å². The molecule has 3 nitrogen and oxygen atoms in total. The lowest BCUT2D eigenvalue weighted by molar-refractivity contribution is 0.0936. The zero-order chi connectivity index (χ0) is 19.0. The standard InChI is InChI=1S/C24H29NO2/c1-16-7-9-25(10-8-16)22-14-19-13-20(12-18-6-4-5-17(2)11-18)24(26)21(19)15-23(22)27-3/h4-6,11,14-16,20H,7-10,12-13H2,1-3H3. The fraction of sp³-hybridized carbons (Fsp3) is 0.458. The summed E-state index contributed by atoms with van der Waals surface area (Å²) in [5, 5.41) is 0. The number of rotatable bonds is 4. The van der Waals surface area contributed by atoms with E-state index in [1.54, 1.807) is 7.11 Å². The number of hydrogen-bond acceptors (Lipinski definition) is 3. The van der Waals surface area contributed by atoms with Gasteiger partial charge in [0.05, 0.1) is 12.8 Å². The minimum Gasteiger partial charge on any atom is -0.495 e. The molecule has 1 atom stereocenters. The molecule has 1 aliphatic heterocycles. The number of nitrogens with zero attached hydrogens (tertiary/aromatic N) is 1. The van der Waals surface area contributed by atoms with Crippen LogP contribution in [0.15, 0.2) is 36.4 Å². The Kier molecular flexibility index (Phi) is 4.94. The van der Waals surface area contributed by atoms with E-state index in [-0.39, 0.29) is 11.7 Å². The van der Waals surface area contributed by atoms with E-state index in [1.807, 2.05) is 6.07 Å². The quantitative estimate of drug-likeness (QED) is 0.779. The lowest BCUT2D eigenvalue weighted by atomic mass is 9.95. The number of fused-ring (bicyclic) bond motifs is 1. The van der Waals surface area contributed by atoms with E-state index >= 15 is 0 Å². The van der Waals surface area contributed by atoms with Gasteiger partial charge in [-0.05, 0) is 61.8 Å². The van der Waals surface area contributed by atoms with Gasteiger partial charge in [-0.25, -0.2) is 0 Å². The van der Waals surface area contributed by atoms with E-state index in [0.717, 1.165) is 48.8 Å². The maximum atomic E-state index is 13.0. The van der Waals surface area contributed by atoms with Gasteiger partial charge in [0.1, 0.15) is 5.75 Å². The van der Waals surface area contributed by atoms with Gasteiger partial charge in [-0.1, -0.05) is 36.8 Å². The van der Waals surface area contributed by atoms with Gasteiger partial charge in [0.25, 0.3) is 0 Å². The second-order valence-corrected chi connectivity index (χ2v) is 8.31. The van der Waals surface area contributed by atoms with Crippen LogP contribution in [0.5, 0.6) is 5.75 Å². The van der Waals surface area contributed by atoms with Crippen LogP contribution in [0.25, 0.3) is 0 Å². The summed E-state index contributed by atoms with van der Waals surface area (Å²) >= 11 is 0. The van der Waals surface area contributed by atoms with Crippen LogP contribution >= 0.6 is 0 Å². The molecule has 2 aromatic rings. The van der Waals surface area contributed by atoms with Gasteiger partial charge < -0.3 is 9.64 Å². The number of ketones is 1. The molecule has 27 heavy (non-hydrogen) atoms. The van der Waals surface area contributed by atoms with Crippen molar-refractivity contribution in [3.05, 3.63) is 58.7 Å². The van der Waals surface area contributed by atoms with E-state index in [1.165, 1.54) is 29.5 Å². The smallest absolute Gasteiger partial charge is 0.167 e. The molecule has 0 N–H and O–H groups in total. The zero-order valence-corrected chi connectivity index (χ0v) is 16.6. The van der Waals surface area contributed by atoms with Gasteiger partial charge in [0, 0.05) is 24.6 Å². The Morgan fingerprint density at radius 2 is 1.93 bits per heavy atom. The Hall–Kier alpha value is -2.29. The predicted octanol–water partition coefficient (Wildman–Crippen LogP) is 4.84. The van der Waals surface area contributed by atoms with Crippen molar-refractivity contribution in [3.8, 4) is 5.75 Å². The molecule has 0 saturated carbocycles. The molecule has 1 aliphatic carbocycles. The molecular formula is C24H29NO2. The summed E-state index contributed by atoms with van der Waals surface area (Å²) in [7, 11) is 1.71. The molecule has 2 aliphatic rings. The number of anilines is 1. The molecular weight excluding hydrogens is 334 g/mol. The average molecular weight is 364 g/mol. The minimum absolute atomic E-state index is 0.0446. The van der Waals surface area contributed by atoms with Crippen molar-refractivity contribution in [2.45, 2.75) is 39.5 Å². The molecule has 0 amide bonds. The number of carbonyl (C=O) groups is 1. The first-order valence-corrected chi connectivity index (χ1v) is 10.1. The molecule has 2 aromatic carbocycles. The Bertz CT molecular complexity index is 849. The Morgan fingerprint density at radius 1 is 1.15 bits per heavy atom. The zero-order valence-electron chi connectivity index (χ0n) is 16.6. The molecule has 1 heterocycles. The molecule has 4 rings (SSSR count). The highest BCUT2D eigenvalue weighted by atomic mass is 16.5. The molecule has 142 valence electrons. The number of piperidine rings is 1. The van der Waals surface area contributed by atoms with Crippen LogP contribution in [0.2, 0.25) is 0 Å². The summed E-state index contributed by atoms with van der Waals surface area (Å²) < 4.78 is 5.67. The van der Waals surface area contributed by atoms with Gasteiger partial charge in [-0.2, -0.15) is 0 Å². The first kappa shape index (κ1) is 18.1. The fourth-order valence-electron chi connectivity index (χ4n) is 4.54. The van der Waals surface area contributed by atoms with Crippen molar-refractivity contribution in [1.82, 2.24) is 0 Å². The summed E-state index contributed by atoms with van der Waals surface area (Å²) in [5.41, 5.74) is 5.70. The van der Waals surface area contributed by atoms with Crippen molar-refractivity contribution in [1.29, 1.82) is 0 Å². The third-order valence-corrected chi connectivity index (χ3v) is 6.20. The summed E-state index contributed by atoms with van der Waals surface area (Å²) in [4.78, 5) is 15.4. The predicted molar refractivity (Wildman–Crippen MR) is 110 cm³/mol. The number of Topliss-reactive ketones (excluding diaryl/α,β-unsaturated/α-hetero) is 1. The van der Waals surface area contributed by atoms with Crippen molar-refractivity contribution in [3.63, 3.8) is 0 Å². The van der Waals surface area contributed by atoms with Crippen LogP contribution < -0.4 is 9.64 Å². The second kappa shape index (κ2) is 7.38. The van der Waals surface area contributed by atoms with E-state index in [2.05, 4.69) is 49.1 Å². The summed E-state index contributed by atoms with van der Waals surface area (Å²) in [6, 6.07) is 12.7. The number of ether oxygens (including phenoxy) is 1. The number of carbonyl (C=O) groups excluding carboxylic acids is 1. The Labute approximate surface area is 162 Å². The van der Waals surface area contributed by atoms with Crippen LogP contribution in [0, 0.1) is 18.8 Å². The van der Waals surface area contributed by atoms with E-state index in [9.17, 15) is 4.79 Å². The van der Waals surface area contributed by atoms with Crippen LogP contribution in [-0.2, 0) is 12.8 Å². The lowest BCUT2D eigenvalue weighted by Crippen LogP contribution is -2.33. The molecule has 3 heteroatoms.